The molecule has 174 valence electrons. The van der Waals surface area contributed by atoms with Crippen LogP contribution in [0.5, 0.6) is 11.5 Å². The molecule has 4 aromatic rings. The number of hydrogen-bond acceptors (Lipinski definition) is 5. The van der Waals surface area contributed by atoms with Gasteiger partial charge in [-0.05, 0) is 54.4 Å². The number of carbonyl (C=O) groups is 1. The number of nitrogens with zero attached hydrogens (tertiary/aromatic N) is 1. The van der Waals surface area contributed by atoms with Gasteiger partial charge >= 0.3 is 0 Å². The molecule has 0 saturated heterocycles. The highest BCUT2D eigenvalue weighted by molar-refractivity contribution is 9.10. The van der Waals surface area contributed by atoms with Gasteiger partial charge in [0.15, 0.2) is 11.5 Å². The molecule has 0 aliphatic carbocycles. The average molecular weight is 541 g/mol. The molecule has 1 aliphatic heterocycles. The molecule has 1 N–H and O–H groups in total. The third kappa shape index (κ3) is 4.05. The summed E-state index contributed by atoms with van der Waals surface area (Å²) < 4.78 is 42.1. The molecule has 1 unspecified atom stereocenters. The maximum Gasteiger partial charge on any atom is 0.264 e. The zero-order valence-electron chi connectivity index (χ0n) is 18.4. The first-order chi connectivity index (χ1) is 16.2. The van der Waals surface area contributed by atoms with Crippen LogP contribution in [-0.2, 0) is 21.9 Å². The summed E-state index contributed by atoms with van der Waals surface area (Å²) in [5.74, 6) is -0.467. The molecular weight excluding hydrogens is 520 g/mol. The smallest absolute Gasteiger partial charge is 0.264 e. The Morgan fingerprint density at radius 1 is 1.03 bits per heavy atom. The van der Waals surface area contributed by atoms with Crippen LogP contribution in [0.15, 0.2) is 76.2 Å². The molecule has 9 heteroatoms. The summed E-state index contributed by atoms with van der Waals surface area (Å²) in [6.45, 7) is 1.96. The van der Waals surface area contributed by atoms with Gasteiger partial charge in [-0.25, -0.2) is 13.1 Å². The lowest BCUT2D eigenvalue weighted by Crippen LogP contribution is -2.35. The van der Waals surface area contributed by atoms with E-state index < -0.39 is 21.8 Å². The number of sulfonamides is 1. The van der Waals surface area contributed by atoms with Crippen LogP contribution < -0.4 is 14.2 Å². The number of nitrogens with one attached hydrogen (secondary N) is 1. The van der Waals surface area contributed by atoms with Gasteiger partial charge in [-0.1, -0.05) is 45.8 Å². The summed E-state index contributed by atoms with van der Waals surface area (Å²) in [4.78, 5) is 13.7. The van der Waals surface area contributed by atoms with Crippen LogP contribution in [0.4, 0.5) is 0 Å². The molecule has 1 aliphatic rings. The summed E-state index contributed by atoms with van der Waals surface area (Å²) in [6.07, 6.45) is 1.85. The Labute approximate surface area is 205 Å². The predicted octanol–water partition coefficient (Wildman–Crippen LogP) is 4.61. The van der Waals surface area contributed by atoms with Gasteiger partial charge in [0.05, 0.1) is 10.8 Å². The average Bonchev–Trinajstić information content (AvgIpc) is 3.38. The lowest BCUT2D eigenvalue weighted by molar-refractivity contribution is -0.119. The van der Waals surface area contributed by atoms with Crippen molar-refractivity contribution in [2.75, 3.05) is 6.79 Å². The molecule has 0 radical (unpaired) electrons. The highest BCUT2D eigenvalue weighted by atomic mass is 79.9. The zero-order chi connectivity index (χ0) is 24.0. The lowest BCUT2D eigenvalue weighted by atomic mass is 9.90. The molecule has 2 heterocycles. The number of hydrogen-bond donors (Lipinski definition) is 1. The quantitative estimate of drug-likeness (QED) is 0.399. The maximum absolute atomic E-state index is 13.6. The van der Waals surface area contributed by atoms with E-state index in [1.54, 1.807) is 30.3 Å². The Balaban J connectivity index is 1.62. The van der Waals surface area contributed by atoms with Gasteiger partial charge in [-0.2, -0.15) is 0 Å². The van der Waals surface area contributed by atoms with E-state index in [4.69, 9.17) is 9.47 Å². The molecular formula is C25H21BrN2O5S. The van der Waals surface area contributed by atoms with Crippen LogP contribution in [-0.4, -0.2) is 25.7 Å². The number of rotatable bonds is 5. The fourth-order valence-electron chi connectivity index (χ4n) is 4.15. The van der Waals surface area contributed by atoms with Crippen LogP contribution in [0.1, 0.15) is 22.6 Å². The van der Waals surface area contributed by atoms with Crippen molar-refractivity contribution in [3.05, 3.63) is 88.0 Å². The molecule has 7 nitrogen and oxygen atoms in total. The summed E-state index contributed by atoms with van der Waals surface area (Å²) in [5.41, 5.74) is 3.10. The van der Waals surface area contributed by atoms with Crippen LogP contribution in [0.2, 0.25) is 0 Å². The molecule has 1 aromatic heterocycles. The predicted molar refractivity (Wildman–Crippen MR) is 132 cm³/mol. The van der Waals surface area contributed by atoms with Crippen molar-refractivity contribution >= 4 is 42.8 Å². The molecule has 5 rings (SSSR count). The Morgan fingerprint density at radius 2 is 1.76 bits per heavy atom. The second-order valence-electron chi connectivity index (χ2n) is 8.19. The molecule has 0 fully saturated rings. The summed E-state index contributed by atoms with van der Waals surface area (Å²) >= 11 is 3.49. The molecule has 0 saturated carbocycles. The Kier molecular flexibility index (Phi) is 5.61. The van der Waals surface area contributed by atoms with E-state index in [1.165, 1.54) is 12.1 Å². The summed E-state index contributed by atoms with van der Waals surface area (Å²) in [7, 11) is -2.19. The fourth-order valence-corrected chi connectivity index (χ4v) is 5.49. The molecule has 0 bridgehead atoms. The number of ether oxygens (including phenoxy) is 2. The number of halogens is 1. The minimum absolute atomic E-state index is 0.0257. The van der Waals surface area contributed by atoms with Gasteiger partial charge in [0.1, 0.15) is 0 Å². The molecule has 3 aromatic carbocycles. The van der Waals surface area contributed by atoms with Crippen molar-refractivity contribution in [2.24, 2.45) is 7.05 Å². The third-order valence-electron chi connectivity index (χ3n) is 5.85. The van der Waals surface area contributed by atoms with E-state index in [1.807, 2.05) is 42.9 Å². The van der Waals surface area contributed by atoms with Gasteiger partial charge in [0.25, 0.3) is 10.0 Å². The number of carbonyl (C=O) groups excluding carboxylic acids is 1. The number of amides is 1. The summed E-state index contributed by atoms with van der Waals surface area (Å²) in [6, 6.07) is 17.3. The van der Waals surface area contributed by atoms with Crippen LogP contribution in [0.25, 0.3) is 10.9 Å². The SMILES string of the molecule is Cc1ccc(S(=O)(=O)NC(=O)C(c2ccc3c(c2)OCO3)c2cn(C)c3cc(Br)ccc23)cc1. The molecule has 1 atom stereocenters. The van der Waals surface area contributed by atoms with Crippen molar-refractivity contribution < 1.29 is 22.7 Å². The van der Waals surface area contributed by atoms with Gasteiger partial charge < -0.3 is 14.0 Å². The first kappa shape index (κ1) is 22.5. The van der Waals surface area contributed by atoms with E-state index in [0.29, 0.717) is 22.6 Å². The fraction of sp³-hybridized carbons (Fsp3) is 0.160. The van der Waals surface area contributed by atoms with Crippen molar-refractivity contribution in [3.8, 4) is 11.5 Å². The topological polar surface area (TPSA) is 86.6 Å². The molecule has 1 amide bonds. The molecule has 34 heavy (non-hydrogen) atoms. The summed E-state index contributed by atoms with van der Waals surface area (Å²) in [5, 5.41) is 0.844. The van der Waals surface area contributed by atoms with Gasteiger partial charge in [-0.3, -0.25) is 4.79 Å². The largest absolute Gasteiger partial charge is 0.454 e. The monoisotopic (exact) mass is 540 g/mol. The van der Waals surface area contributed by atoms with Crippen molar-refractivity contribution in [3.63, 3.8) is 0 Å². The number of aryl methyl sites for hydroxylation is 2. The number of benzene rings is 3. The second kappa shape index (κ2) is 8.48. The van der Waals surface area contributed by atoms with E-state index in [0.717, 1.165) is 20.9 Å². The minimum Gasteiger partial charge on any atom is -0.454 e. The normalized spacial score (nSPS) is 13.7. The van der Waals surface area contributed by atoms with Crippen molar-refractivity contribution in [1.29, 1.82) is 0 Å². The molecule has 0 spiro atoms. The lowest BCUT2D eigenvalue weighted by Gasteiger charge is -2.18. The van der Waals surface area contributed by atoms with Crippen LogP contribution >= 0.6 is 15.9 Å². The maximum atomic E-state index is 13.6. The second-order valence-corrected chi connectivity index (χ2v) is 10.8. The Hall–Kier alpha value is -3.30. The minimum atomic E-state index is -4.07. The van der Waals surface area contributed by atoms with E-state index >= 15 is 0 Å². The number of aromatic nitrogens is 1. The van der Waals surface area contributed by atoms with E-state index in [9.17, 15) is 13.2 Å². The van der Waals surface area contributed by atoms with Gasteiger partial charge in [0.2, 0.25) is 12.7 Å². The van der Waals surface area contributed by atoms with Gasteiger partial charge in [-0.15, -0.1) is 0 Å². The van der Waals surface area contributed by atoms with E-state index in [2.05, 4.69) is 20.7 Å². The Morgan fingerprint density at radius 3 is 2.53 bits per heavy atom. The standard InChI is InChI=1S/C25H21BrN2O5S/c1-15-3-7-18(8-4-15)34(30,31)27-25(29)24(16-5-10-22-23(11-16)33-14-32-22)20-13-28(2)21-12-17(26)6-9-19(20)21/h3-13,24H,14H2,1-2H3,(H,27,29). The van der Waals surface area contributed by atoms with Crippen LogP contribution in [0, 0.1) is 6.92 Å². The zero-order valence-corrected chi connectivity index (χ0v) is 20.8. The van der Waals surface area contributed by atoms with E-state index in [-0.39, 0.29) is 11.7 Å². The Bertz CT molecular complexity index is 1530. The highest BCUT2D eigenvalue weighted by Crippen LogP contribution is 2.39. The number of fused-ring (bicyclic) bond motifs is 2. The van der Waals surface area contributed by atoms with Gasteiger partial charge in [0, 0.05) is 28.6 Å². The highest BCUT2D eigenvalue weighted by Gasteiger charge is 2.31. The van der Waals surface area contributed by atoms with Crippen molar-refractivity contribution in [2.45, 2.75) is 17.7 Å². The first-order valence-electron chi connectivity index (χ1n) is 10.5. The van der Waals surface area contributed by atoms with Crippen molar-refractivity contribution in [1.82, 2.24) is 9.29 Å². The first-order valence-corrected chi connectivity index (χ1v) is 12.8. The third-order valence-corrected chi connectivity index (χ3v) is 7.71. The van der Waals surface area contributed by atoms with Crippen LogP contribution in [0.3, 0.4) is 0 Å².